The summed E-state index contributed by atoms with van der Waals surface area (Å²) >= 11 is 0. The number of nitrogens with one attached hydrogen (secondary N) is 1. The Labute approximate surface area is 145 Å². The number of hydrogen-bond acceptors (Lipinski definition) is 3. The molecule has 4 atom stereocenters. The predicted molar refractivity (Wildman–Crippen MR) is 94.6 cm³/mol. The molecule has 0 bridgehead atoms. The van der Waals surface area contributed by atoms with Gasteiger partial charge in [0.1, 0.15) is 0 Å². The van der Waals surface area contributed by atoms with Crippen LogP contribution < -0.4 is 11.1 Å². The number of carbonyl (C=O) groups is 1. The van der Waals surface area contributed by atoms with Crippen molar-refractivity contribution in [2.24, 2.45) is 28.0 Å². The molecule has 0 aromatic rings. The van der Waals surface area contributed by atoms with Crippen LogP contribution in [0.15, 0.2) is 4.99 Å². The van der Waals surface area contributed by atoms with E-state index < -0.39 is 0 Å². The van der Waals surface area contributed by atoms with E-state index >= 15 is 0 Å². The van der Waals surface area contributed by atoms with Gasteiger partial charge in [-0.2, -0.15) is 0 Å². The van der Waals surface area contributed by atoms with Crippen LogP contribution in [-0.4, -0.2) is 55.2 Å². The van der Waals surface area contributed by atoms with Crippen LogP contribution >= 0.6 is 0 Å². The van der Waals surface area contributed by atoms with Gasteiger partial charge in [0.2, 0.25) is 5.91 Å². The van der Waals surface area contributed by atoms with Crippen LogP contribution in [0.5, 0.6) is 0 Å². The molecule has 1 amide bonds. The fourth-order valence-electron chi connectivity index (χ4n) is 4.85. The first-order valence-electron chi connectivity index (χ1n) is 9.39. The third kappa shape index (κ3) is 3.25. The van der Waals surface area contributed by atoms with Crippen LogP contribution in [0.25, 0.3) is 0 Å². The van der Waals surface area contributed by atoms with Crippen molar-refractivity contribution in [2.75, 3.05) is 26.2 Å². The first-order chi connectivity index (χ1) is 11.4. The Morgan fingerprint density at radius 3 is 2.92 bits per heavy atom. The smallest absolute Gasteiger partial charge is 0.217 e. The molecule has 0 aromatic heterocycles. The van der Waals surface area contributed by atoms with Crippen LogP contribution in [0.4, 0.5) is 0 Å². The molecule has 3 aliphatic rings. The van der Waals surface area contributed by atoms with Gasteiger partial charge >= 0.3 is 0 Å². The van der Waals surface area contributed by atoms with Gasteiger partial charge in [0.25, 0.3) is 0 Å². The number of nitrogens with zero attached hydrogens (tertiary/aromatic N) is 2. The van der Waals surface area contributed by atoms with E-state index in [-0.39, 0.29) is 11.3 Å². The molecule has 6 heteroatoms. The minimum atomic E-state index is -0.199. The van der Waals surface area contributed by atoms with Crippen molar-refractivity contribution >= 4 is 11.9 Å². The third-order valence-corrected chi connectivity index (χ3v) is 6.00. The van der Waals surface area contributed by atoms with Gasteiger partial charge in [-0.25, -0.2) is 0 Å². The Balaban J connectivity index is 1.67. The highest BCUT2D eigenvalue weighted by molar-refractivity contribution is 5.81. The molecule has 24 heavy (non-hydrogen) atoms. The molecule has 4 unspecified atom stereocenters. The number of fused-ring (bicyclic) bond motifs is 1. The van der Waals surface area contributed by atoms with Crippen molar-refractivity contribution in [3.8, 4) is 0 Å². The van der Waals surface area contributed by atoms with Crippen LogP contribution in [0.2, 0.25) is 0 Å². The summed E-state index contributed by atoms with van der Waals surface area (Å²) in [4.78, 5) is 18.3. The van der Waals surface area contributed by atoms with E-state index in [9.17, 15) is 4.79 Å². The van der Waals surface area contributed by atoms with E-state index in [4.69, 9.17) is 15.5 Å². The number of amides is 1. The Bertz CT molecular complexity index is 505. The molecule has 0 spiro atoms. The number of nitrogens with two attached hydrogens (primary N) is 1. The number of aliphatic imine (C=N–C) groups is 1. The summed E-state index contributed by atoms with van der Waals surface area (Å²) < 4.78 is 5.90. The molecule has 2 saturated heterocycles. The molecule has 136 valence electrons. The quantitative estimate of drug-likeness (QED) is 0.600. The number of piperidine rings is 1. The molecule has 3 fully saturated rings. The Kier molecular flexibility index (Phi) is 5.04. The minimum Gasteiger partial charge on any atom is -0.377 e. The third-order valence-electron chi connectivity index (χ3n) is 6.00. The molecule has 2 aliphatic heterocycles. The average Bonchev–Trinajstić information content (AvgIpc) is 2.98. The molecule has 6 nitrogen and oxygen atoms in total. The van der Waals surface area contributed by atoms with E-state index in [1.807, 2.05) is 0 Å². The van der Waals surface area contributed by atoms with Gasteiger partial charge in [0.15, 0.2) is 5.96 Å². The molecule has 1 aliphatic carbocycles. The van der Waals surface area contributed by atoms with Gasteiger partial charge in [-0.3, -0.25) is 9.79 Å². The molecule has 0 aromatic carbocycles. The van der Waals surface area contributed by atoms with Gasteiger partial charge in [0, 0.05) is 50.0 Å². The maximum absolute atomic E-state index is 11.3. The maximum Gasteiger partial charge on any atom is 0.217 e. The first-order valence-corrected chi connectivity index (χ1v) is 9.39. The molecule has 2 heterocycles. The summed E-state index contributed by atoms with van der Waals surface area (Å²) in [5.74, 6) is 1.73. The lowest BCUT2D eigenvalue weighted by molar-refractivity contribution is -0.119. The molecule has 3 rings (SSSR count). The van der Waals surface area contributed by atoms with Crippen molar-refractivity contribution in [3.05, 3.63) is 0 Å². The zero-order chi connectivity index (χ0) is 17.3. The number of likely N-dealkylation sites (tertiary alicyclic amines) is 1. The number of rotatable bonds is 4. The van der Waals surface area contributed by atoms with Crippen molar-refractivity contribution < 1.29 is 9.53 Å². The van der Waals surface area contributed by atoms with Crippen molar-refractivity contribution in [3.63, 3.8) is 0 Å². The number of primary amides is 1. The Morgan fingerprint density at radius 2 is 2.21 bits per heavy atom. The Morgan fingerprint density at radius 1 is 1.42 bits per heavy atom. The number of guanidine groups is 1. The van der Waals surface area contributed by atoms with Crippen molar-refractivity contribution in [2.45, 2.75) is 58.6 Å². The zero-order valence-electron chi connectivity index (χ0n) is 15.3. The van der Waals surface area contributed by atoms with Crippen molar-refractivity contribution in [1.29, 1.82) is 0 Å². The number of carbonyl (C=O) groups excluding carboxylic acids is 1. The van der Waals surface area contributed by atoms with Gasteiger partial charge < -0.3 is 20.7 Å². The summed E-state index contributed by atoms with van der Waals surface area (Å²) in [5, 5.41) is 3.74. The highest BCUT2D eigenvalue weighted by Crippen LogP contribution is 2.52. The molecular formula is C18H32N4O2. The van der Waals surface area contributed by atoms with Gasteiger partial charge in [-0.1, -0.05) is 13.8 Å². The fraction of sp³-hybridized carbons (Fsp3) is 0.889. The molecule has 1 saturated carbocycles. The lowest BCUT2D eigenvalue weighted by Gasteiger charge is -2.55. The highest BCUT2D eigenvalue weighted by atomic mass is 16.5. The van der Waals surface area contributed by atoms with Gasteiger partial charge in [0.05, 0.1) is 6.10 Å². The second-order valence-electron chi connectivity index (χ2n) is 8.11. The van der Waals surface area contributed by atoms with E-state index in [1.165, 1.54) is 0 Å². The minimum absolute atomic E-state index is 0.137. The fourth-order valence-corrected chi connectivity index (χ4v) is 4.85. The van der Waals surface area contributed by atoms with E-state index in [0.29, 0.717) is 30.4 Å². The van der Waals surface area contributed by atoms with Gasteiger partial charge in [-0.15, -0.1) is 0 Å². The van der Waals surface area contributed by atoms with Crippen LogP contribution in [-0.2, 0) is 9.53 Å². The second kappa shape index (κ2) is 6.90. The highest BCUT2D eigenvalue weighted by Gasteiger charge is 2.59. The van der Waals surface area contributed by atoms with Crippen molar-refractivity contribution in [1.82, 2.24) is 10.2 Å². The summed E-state index contributed by atoms with van der Waals surface area (Å²) in [6, 6.07) is 0.409. The topological polar surface area (TPSA) is 80.0 Å². The predicted octanol–water partition coefficient (Wildman–Crippen LogP) is 1.35. The summed E-state index contributed by atoms with van der Waals surface area (Å²) in [5.41, 5.74) is 5.53. The second-order valence-corrected chi connectivity index (χ2v) is 8.11. The lowest BCUT2D eigenvalue weighted by atomic mass is 9.57. The molecule has 3 N–H and O–H groups in total. The average molecular weight is 336 g/mol. The SMILES string of the molecule is CCN=C(NC1C2CCOC2C1(C)C)N1CCCC(CC(N)=O)C1. The van der Waals surface area contributed by atoms with E-state index in [0.717, 1.165) is 51.5 Å². The monoisotopic (exact) mass is 336 g/mol. The number of ether oxygens (including phenoxy) is 1. The van der Waals surface area contributed by atoms with E-state index in [1.54, 1.807) is 0 Å². The molecule has 0 radical (unpaired) electrons. The largest absolute Gasteiger partial charge is 0.377 e. The lowest BCUT2D eigenvalue weighted by Crippen LogP contribution is -2.68. The summed E-state index contributed by atoms with van der Waals surface area (Å²) in [7, 11) is 0. The van der Waals surface area contributed by atoms with Crippen LogP contribution in [0.1, 0.15) is 46.5 Å². The first kappa shape index (κ1) is 17.5. The van der Waals surface area contributed by atoms with E-state index in [2.05, 4.69) is 31.0 Å². The maximum atomic E-state index is 11.3. The molecular weight excluding hydrogens is 304 g/mol. The van der Waals surface area contributed by atoms with Crippen LogP contribution in [0, 0.1) is 17.3 Å². The zero-order valence-corrected chi connectivity index (χ0v) is 15.3. The number of hydrogen-bond donors (Lipinski definition) is 2. The Hall–Kier alpha value is -1.30. The standard InChI is InChI=1S/C18H32N4O2/c1-4-20-17(22-8-5-6-12(11-22)10-14(19)23)21-15-13-7-9-24-16(13)18(15,2)3/h12-13,15-16H,4-11H2,1-3H3,(H2,19,23)(H,20,21). The normalized spacial score (nSPS) is 35.3. The van der Waals surface area contributed by atoms with Crippen LogP contribution in [0.3, 0.4) is 0 Å². The summed E-state index contributed by atoms with van der Waals surface area (Å²) in [6.45, 7) is 10.1. The summed E-state index contributed by atoms with van der Waals surface area (Å²) in [6.07, 6.45) is 4.15. The van der Waals surface area contributed by atoms with Gasteiger partial charge in [-0.05, 0) is 32.1 Å².